The fraction of sp³-hybridized carbons (Fsp3) is 0.333. The van der Waals surface area contributed by atoms with E-state index in [-0.39, 0.29) is 6.42 Å². The summed E-state index contributed by atoms with van der Waals surface area (Å²) < 4.78 is 10.5. The first-order chi connectivity index (χ1) is 19.8. The Balaban J connectivity index is 1.43. The van der Waals surface area contributed by atoms with Gasteiger partial charge in [-0.3, -0.25) is 28.9 Å². The van der Waals surface area contributed by atoms with Crippen molar-refractivity contribution in [3.63, 3.8) is 0 Å². The lowest BCUT2D eigenvalue weighted by Crippen LogP contribution is -2.51. The van der Waals surface area contributed by atoms with Gasteiger partial charge in [-0.25, -0.2) is 4.79 Å². The molecule has 1 aliphatic heterocycles. The van der Waals surface area contributed by atoms with E-state index in [9.17, 15) is 28.8 Å². The van der Waals surface area contributed by atoms with E-state index in [1.165, 1.54) is 13.8 Å². The van der Waals surface area contributed by atoms with Crippen LogP contribution in [-0.4, -0.2) is 58.7 Å². The van der Waals surface area contributed by atoms with Crippen LogP contribution in [0.4, 0.5) is 10.5 Å². The number of hydrogen-bond acceptors (Lipinski definition) is 8. The molecule has 1 heterocycles. The first-order valence-electron chi connectivity index (χ1n) is 13.3. The molecule has 5 amide bonds. The maximum absolute atomic E-state index is 12.6. The fourth-order valence-electron chi connectivity index (χ4n) is 4.00. The molecular weight excluding hydrogens is 544 g/mol. The monoisotopic (exact) mass is 578 g/mol. The number of carbonyl (C=O) groups is 6. The zero-order chi connectivity index (χ0) is 31.0. The summed E-state index contributed by atoms with van der Waals surface area (Å²) in [4.78, 5) is 74.1. The zero-order valence-electron chi connectivity index (χ0n) is 24.0. The predicted molar refractivity (Wildman–Crippen MR) is 152 cm³/mol. The topological polar surface area (TPSA) is 160 Å². The lowest BCUT2D eigenvalue weighted by molar-refractivity contribution is -0.140. The van der Waals surface area contributed by atoms with Gasteiger partial charge in [-0.15, -0.1) is 0 Å². The minimum Gasteiger partial charge on any atom is -0.426 e. The van der Waals surface area contributed by atoms with E-state index in [1.807, 2.05) is 19.1 Å². The average molecular weight is 579 g/mol. The highest BCUT2D eigenvalue weighted by Gasteiger charge is 2.30. The molecule has 0 aliphatic carbocycles. The Labute approximate surface area is 243 Å². The Morgan fingerprint density at radius 1 is 0.786 bits per heavy atom. The van der Waals surface area contributed by atoms with Gasteiger partial charge in [-0.2, -0.15) is 0 Å². The van der Waals surface area contributed by atoms with Crippen molar-refractivity contribution in [2.24, 2.45) is 0 Å². The number of anilines is 1. The molecular formula is C30H34N4O8. The Hall–Kier alpha value is -5.00. The van der Waals surface area contributed by atoms with Gasteiger partial charge in [-0.1, -0.05) is 29.8 Å². The number of nitrogens with one attached hydrogen (secondary N) is 3. The van der Waals surface area contributed by atoms with Crippen LogP contribution in [0.2, 0.25) is 0 Å². The Morgan fingerprint density at radius 3 is 1.95 bits per heavy atom. The lowest BCUT2D eigenvalue weighted by Gasteiger charge is -2.23. The molecule has 0 saturated heterocycles. The first-order valence-corrected chi connectivity index (χ1v) is 13.3. The molecule has 222 valence electrons. The molecule has 0 fully saturated rings. The van der Waals surface area contributed by atoms with Crippen LogP contribution in [0.15, 0.2) is 60.7 Å². The normalized spacial score (nSPS) is 15.3. The van der Waals surface area contributed by atoms with Gasteiger partial charge in [0.1, 0.15) is 23.9 Å². The second-order valence-electron chi connectivity index (χ2n) is 9.99. The molecule has 0 radical (unpaired) electrons. The van der Waals surface area contributed by atoms with E-state index < -0.39 is 59.9 Å². The SMILES string of the molecule is Cc1ccc(OC(=O)OC(C)c2ccc(NC(=O)C(C)NC(=O)C(C)NC(=O)CC(C)N3C(=O)C=CC3=O)cc2)cc1. The molecule has 0 bridgehead atoms. The molecule has 3 N–H and O–H groups in total. The summed E-state index contributed by atoms with van der Waals surface area (Å²) in [6.07, 6.45) is 0.630. The van der Waals surface area contributed by atoms with E-state index >= 15 is 0 Å². The number of amides is 5. The fourth-order valence-corrected chi connectivity index (χ4v) is 4.00. The van der Waals surface area contributed by atoms with E-state index in [0.29, 0.717) is 17.0 Å². The van der Waals surface area contributed by atoms with Crippen molar-refractivity contribution in [3.8, 4) is 5.75 Å². The standard InChI is InChI=1S/C30H34N4O8/c1-17-6-12-24(13-7-17)42-30(40)41-21(5)22-8-10-23(11-9-22)33-29(39)20(4)32-28(38)19(3)31-25(35)16-18(2)34-26(36)14-15-27(34)37/h6-15,18-21H,16H2,1-5H3,(H,31,35)(H,32,38)(H,33,39). The van der Waals surface area contributed by atoms with Crippen molar-refractivity contribution in [2.75, 3.05) is 5.32 Å². The van der Waals surface area contributed by atoms with Crippen LogP contribution < -0.4 is 20.7 Å². The third-order valence-corrected chi connectivity index (χ3v) is 6.43. The van der Waals surface area contributed by atoms with Gasteiger partial charge in [0.05, 0.1) is 0 Å². The van der Waals surface area contributed by atoms with Gasteiger partial charge in [0.15, 0.2) is 0 Å². The largest absolute Gasteiger partial charge is 0.514 e. The highest BCUT2D eigenvalue weighted by Crippen LogP contribution is 2.21. The molecule has 12 nitrogen and oxygen atoms in total. The summed E-state index contributed by atoms with van der Waals surface area (Å²) in [6.45, 7) is 8.11. The highest BCUT2D eigenvalue weighted by atomic mass is 16.7. The molecule has 3 rings (SSSR count). The van der Waals surface area contributed by atoms with Crippen molar-refractivity contribution in [1.29, 1.82) is 0 Å². The lowest BCUT2D eigenvalue weighted by atomic mass is 10.1. The molecule has 12 heteroatoms. The quantitative estimate of drug-likeness (QED) is 0.208. The van der Waals surface area contributed by atoms with Gasteiger partial charge in [0.2, 0.25) is 17.7 Å². The number of aryl methyl sites for hydroxylation is 1. The second-order valence-corrected chi connectivity index (χ2v) is 9.99. The van der Waals surface area contributed by atoms with Gasteiger partial charge >= 0.3 is 6.16 Å². The summed E-state index contributed by atoms with van der Waals surface area (Å²) in [7, 11) is 0. The maximum atomic E-state index is 12.6. The van der Waals surface area contributed by atoms with Crippen LogP contribution in [0.3, 0.4) is 0 Å². The van der Waals surface area contributed by atoms with E-state index in [4.69, 9.17) is 9.47 Å². The molecule has 0 aromatic heterocycles. The first kappa shape index (κ1) is 31.5. The van der Waals surface area contributed by atoms with Crippen molar-refractivity contribution in [3.05, 3.63) is 71.8 Å². The minimum absolute atomic E-state index is 0.180. The minimum atomic E-state index is -0.971. The average Bonchev–Trinajstić information content (AvgIpc) is 3.27. The predicted octanol–water partition coefficient (Wildman–Crippen LogP) is 2.92. The number of benzene rings is 2. The molecule has 0 saturated carbocycles. The molecule has 42 heavy (non-hydrogen) atoms. The smallest absolute Gasteiger partial charge is 0.426 e. The number of hydrogen-bond donors (Lipinski definition) is 3. The van der Waals surface area contributed by atoms with Crippen LogP contribution in [0, 0.1) is 6.92 Å². The van der Waals surface area contributed by atoms with E-state index in [2.05, 4.69) is 16.0 Å². The second kappa shape index (κ2) is 14.1. The Bertz CT molecular complexity index is 1350. The Morgan fingerprint density at radius 2 is 1.36 bits per heavy atom. The number of rotatable bonds is 11. The molecule has 4 unspecified atom stereocenters. The van der Waals surface area contributed by atoms with Gasteiger partial charge < -0.3 is 25.4 Å². The molecule has 0 spiro atoms. The molecule has 4 atom stereocenters. The van der Waals surface area contributed by atoms with Gasteiger partial charge in [-0.05, 0) is 64.4 Å². The van der Waals surface area contributed by atoms with Crippen LogP contribution in [-0.2, 0) is 28.7 Å². The Kier molecular flexibility index (Phi) is 10.6. The summed E-state index contributed by atoms with van der Waals surface area (Å²) in [5.41, 5.74) is 2.16. The number of nitrogens with zero attached hydrogens (tertiary/aromatic N) is 1. The number of ether oxygens (including phenoxy) is 2. The summed E-state index contributed by atoms with van der Waals surface area (Å²) in [6, 6.07) is 11.0. The third-order valence-electron chi connectivity index (χ3n) is 6.43. The summed E-state index contributed by atoms with van der Waals surface area (Å²) in [5.74, 6) is -2.24. The van der Waals surface area contributed by atoms with Crippen molar-refractivity contribution in [1.82, 2.24) is 15.5 Å². The van der Waals surface area contributed by atoms with Crippen molar-refractivity contribution < 1.29 is 38.2 Å². The van der Waals surface area contributed by atoms with Crippen molar-refractivity contribution in [2.45, 2.75) is 65.3 Å². The summed E-state index contributed by atoms with van der Waals surface area (Å²) >= 11 is 0. The van der Waals surface area contributed by atoms with Crippen LogP contribution in [0.1, 0.15) is 51.3 Å². The maximum Gasteiger partial charge on any atom is 0.514 e. The summed E-state index contributed by atoms with van der Waals surface area (Å²) in [5, 5.41) is 7.73. The highest BCUT2D eigenvalue weighted by molar-refractivity contribution is 6.13. The van der Waals surface area contributed by atoms with Crippen LogP contribution in [0.5, 0.6) is 5.75 Å². The van der Waals surface area contributed by atoms with Crippen LogP contribution in [0.25, 0.3) is 0 Å². The van der Waals surface area contributed by atoms with Crippen molar-refractivity contribution >= 4 is 41.4 Å². The van der Waals surface area contributed by atoms with E-state index in [1.54, 1.807) is 50.2 Å². The molecule has 2 aromatic carbocycles. The van der Waals surface area contributed by atoms with Gasteiger partial charge in [0.25, 0.3) is 11.8 Å². The van der Waals surface area contributed by atoms with Gasteiger partial charge in [0, 0.05) is 30.3 Å². The number of carbonyl (C=O) groups excluding carboxylic acids is 6. The molecule has 2 aromatic rings. The van der Waals surface area contributed by atoms with Crippen LogP contribution >= 0.6 is 0 Å². The number of imide groups is 1. The third kappa shape index (κ3) is 8.75. The zero-order valence-corrected chi connectivity index (χ0v) is 24.0. The molecule has 1 aliphatic rings. The van der Waals surface area contributed by atoms with E-state index in [0.717, 1.165) is 22.6 Å².